The van der Waals surface area contributed by atoms with E-state index in [0.717, 1.165) is 12.1 Å². The predicted molar refractivity (Wildman–Crippen MR) is 62.7 cm³/mol. The number of urea groups is 1. The number of hydrogen-bond donors (Lipinski definition) is 2. The highest BCUT2D eigenvalue weighted by Gasteiger charge is 2.39. The molecular weight excluding hydrogens is 261 g/mol. The Morgan fingerprint density at radius 1 is 1.32 bits per heavy atom. The van der Waals surface area contributed by atoms with Crippen LogP contribution in [0.25, 0.3) is 0 Å². The number of carbonyl (C=O) groups is 1. The topological polar surface area (TPSA) is 52.6 Å². The molecule has 1 aliphatic heterocycles. The summed E-state index contributed by atoms with van der Waals surface area (Å²) in [4.78, 5) is 13.0. The van der Waals surface area contributed by atoms with Gasteiger partial charge in [0.1, 0.15) is 0 Å². The number of nitrogens with one attached hydrogen (secondary N) is 1. The maximum atomic E-state index is 12.3. The highest BCUT2D eigenvalue weighted by molar-refractivity contribution is 5.90. The van der Waals surface area contributed by atoms with Crippen molar-refractivity contribution in [3.63, 3.8) is 0 Å². The second-order valence-electron chi connectivity index (χ2n) is 4.86. The zero-order valence-electron chi connectivity index (χ0n) is 10.2. The van der Waals surface area contributed by atoms with Crippen molar-refractivity contribution in [2.24, 2.45) is 0 Å². The van der Waals surface area contributed by atoms with Gasteiger partial charge < -0.3 is 15.3 Å². The molecule has 19 heavy (non-hydrogen) atoms. The van der Waals surface area contributed by atoms with Crippen LogP contribution < -0.4 is 5.32 Å². The number of anilines is 1. The minimum atomic E-state index is -4.39. The van der Waals surface area contributed by atoms with Crippen LogP contribution in [0.1, 0.15) is 12.5 Å². The van der Waals surface area contributed by atoms with Crippen molar-refractivity contribution in [1.82, 2.24) is 4.90 Å². The number of rotatable bonds is 1. The molecule has 0 saturated carbocycles. The number of likely N-dealkylation sites (tertiary alicyclic amines) is 1. The number of aliphatic hydroxyl groups is 1. The van der Waals surface area contributed by atoms with E-state index in [0.29, 0.717) is 0 Å². The fourth-order valence-corrected chi connectivity index (χ4v) is 1.86. The number of β-amino-alcohol motifs (C(OH)–C–C–N with tert-alkyl or cyclic N) is 1. The molecule has 0 radical (unpaired) electrons. The third-order valence-corrected chi connectivity index (χ3v) is 2.81. The Morgan fingerprint density at radius 3 is 2.26 bits per heavy atom. The van der Waals surface area contributed by atoms with Crippen molar-refractivity contribution in [2.75, 3.05) is 18.4 Å². The molecule has 0 aromatic heterocycles. The van der Waals surface area contributed by atoms with Gasteiger partial charge in [0.25, 0.3) is 0 Å². The molecule has 0 unspecified atom stereocenters. The normalized spacial score (nSPS) is 17.8. The molecule has 2 rings (SSSR count). The van der Waals surface area contributed by atoms with E-state index in [-0.39, 0.29) is 18.8 Å². The molecule has 7 heteroatoms. The Hall–Kier alpha value is -1.76. The van der Waals surface area contributed by atoms with Crippen LogP contribution in [-0.4, -0.2) is 34.7 Å². The first-order chi connectivity index (χ1) is 8.67. The summed E-state index contributed by atoms with van der Waals surface area (Å²) in [5.74, 6) is 0. The molecular formula is C12H13F3N2O2. The number of hydrogen-bond acceptors (Lipinski definition) is 2. The van der Waals surface area contributed by atoms with Crippen molar-refractivity contribution in [3.05, 3.63) is 29.8 Å². The van der Waals surface area contributed by atoms with Gasteiger partial charge in [0.15, 0.2) is 0 Å². The fourth-order valence-electron chi connectivity index (χ4n) is 1.86. The Kier molecular flexibility index (Phi) is 3.17. The molecule has 1 aliphatic rings. The van der Waals surface area contributed by atoms with Crippen LogP contribution >= 0.6 is 0 Å². The summed E-state index contributed by atoms with van der Waals surface area (Å²) in [6, 6.07) is 3.76. The van der Waals surface area contributed by atoms with Gasteiger partial charge >= 0.3 is 12.2 Å². The molecule has 1 saturated heterocycles. The van der Waals surface area contributed by atoms with Crippen LogP contribution in [0.4, 0.5) is 23.7 Å². The fraction of sp³-hybridized carbons (Fsp3) is 0.417. The lowest BCUT2D eigenvalue weighted by atomic mass is 9.98. The summed E-state index contributed by atoms with van der Waals surface area (Å²) < 4.78 is 37.0. The van der Waals surface area contributed by atoms with Gasteiger partial charge in [-0.1, -0.05) is 0 Å². The number of nitrogens with zero attached hydrogens (tertiary/aromatic N) is 1. The summed E-state index contributed by atoms with van der Waals surface area (Å²) in [5, 5.41) is 11.9. The van der Waals surface area contributed by atoms with Gasteiger partial charge in [-0.2, -0.15) is 13.2 Å². The van der Waals surface area contributed by atoms with Crippen molar-refractivity contribution in [2.45, 2.75) is 18.7 Å². The average Bonchev–Trinajstić information content (AvgIpc) is 2.25. The maximum absolute atomic E-state index is 12.3. The van der Waals surface area contributed by atoms with Gasteiger partial charge in [0, 0.05) is 5.69 Å². The molecule has 0 aliphatic carbocycles. The van der Waals surface area contributed by atoms with E-state index < -0.39 is 23.4 Å². The van der Waals surface area contributed by atoms with Crippen LogP contribution in [0, 0.1) is 0 Å². The second-order valence-corrected chi connectivity index (χ2v) is 4.86. The second kappa shape index (κ2) is 4.41. The predicted octanol–water partition coefficient (Wildman–Crippen LogP) is 2.30. The SMILES string of the molecule is CC1(O)CN(C(=O)Nc2ccc(C(F)(F)F)cc2)C1. The van der Waals surface area contributed by atoms with Gasteiger partial charge in [-0.15, -0.1) is 0 Å². The Balaban J connectivity index is 1.95. The number of benzene rings is 1. The van der Waals surface area contributed by atoms with Crippen molar-refractivity contribution >= 4 is 11.7 Å². The molecule has 0 bridgehead atoms. The van der Waals surface area contributed by atoms with Crippen LogP contribution in [-0.2, 0) is 6.18 Å². The quantitative estimate of drug-likeness (QED) is 0.825. The number of halogens is 3. The summed E-state index contributed by atoms with van der Waals surface area (Å²) in [5.41, 5.74) is -1.36. The lowest BCUT2D eigenvalue weighted by Crippen LogP contribution is -2.62. The third-order valence-electron chi connectivity index (χ3n) is 2.81. The molecule has 1 heterocycles. The zero-order valence-corrected chi connectivity index (χ0v) is 10.2. The molecule has 1 aromatic rings. The third kappa shape index (κ3) is 3.17. The van der Waals surface area contributed by atoms with Gasteiger partial charge in [-0.3, -0.25) is 0 Å². The molecule has 1 fully saturated rings. The number of amides is 2. The first kappa shape index (κ1) is 13.7. The van der Waals surface area contributed by atoms with E-state index >= 15 is 0 Å². The van der Waals surface area contributed by atoms with E-state index in [4.69, 9.17) is 0 Å². The van der Waals surface area contributed by atoms with E-state index in [1.54, 1.807) is 6.92 Å². The summed E-state index contributed by atoms with van der Waals surface area (Å²) in [6.45, 7) is 2.02. The Morgan fingerprint density at radius 2 is 1.84 bits per heavy atom. The standard InChI is InChI=1S/C12H13F3N2O2/c1-11(19)6-17(7-11)10(18)16-9-4-2-8(3-5-9)12(13,14)15/h2-5,19H,6-7H2,1H3,(H,16,18). The van der Waals surface area contributed by atoms with Gasteiger partial charge in [-0.05, 0) is 31.2 Å². The van der Waals surface area contributed by atoms with Gasteiger partial charge in [0.05, 0.1) is 24.3 Å². The van der Waals surface area contributed by atoms with Gasteiger partial charge in [0.2, 0.25) is 0 Å². The average molecular weight is 274 g/mol. The lowest BCUT2D eigenvalue weighted by molar-refractivity contribution is -0.137. The van der Waals surface area contributed by atoms with E-state index in [9.17, 15) is 23.1 Å². The molecule has 2 amide bonds. The Bertz CT molecular complexity index is 475. The van der Waals surface area contributed by atoms with E-state index in [1.807, 2.05) is 0 Å². The van der Waals surface area contributed by atoms with Crippen LogP contribution in [0.3, 0.4) is 0 Å². The van der Waals surface area contributed by atoms with Crippen LogP contribution in [0.5, 0.6) is 0 Å². The zero-order chi connectivity index (χ0) is 14.3. The number of alkyl halides is 3. The largest absolute Gasteiger partial charge is 0.416 e. The highest BCUT2D eigenvalue weighted by atomic mass is 19.4. The van der Waals surface area contributed by atoms with E-state index in [1.165, 1.54) is 17.0 Å². The maximum Gasteiger partial charge on any atom is 0.416 e. The van der Waals surface area contributed by atoms with Crippen molar-refractivity contribution in [1.29, 1.82) is 0 Å². The molecule has 2 N–H and O–H groups in total. The first-order valence-corrected chi connectivity index (χ1v) is 5.63. The highest BCUT2D eigenvalue weighted by Crippen LogP contribution is 2.30. The van der Waals surface area contributed by atoms with Crippen molar-refractivity contribution < 1.29 is 23.1 Å². The minimum absolute atomic E-state index is 0.208. The molecule has 0 atom stereocenters. The minimum Gasteiger partial charge on any atom is -0.386 e. The lowest BCUT2D eigenvalue weighted by Gasteiger charge is -2.43. The van der Waals surface area contributed by atoms with E-state index in [2.05, 4.69) is 5.32 Å². The van der Waals surface area contributed by atoms with Crippen molar-refractivity contribution in [3.8, 4) is 0 Å². The summed E-state index contributed by atoms with van der Waals surface area (Å²) >= 11 is 0. The monoisotopic (exact) mass is 274 g/mol. The summed E-state index contributed by atoms with van der Waals surface area (Å²) in [7, 11) is 0. The molecule has 4 nitrogen and oxygen atoms in total. The Labute approximate surface area is 107 Å². The molecule has 104 valence electrons. The van der Waals surface area contributed by atoms with Crippen LogP contribution in [0.2, 0.25) is 0 Å². The first-order valence-electron chi connectivity index (χ1n) is 5.63. The van der Waals surface area contributed by atoms with Crippen LogP contribution in [0.15, 0.2) is 24.3 Å². The molecule has 0 spiro atoms. The summed E-state index contributed by atoms with van der Waals surface area (Å²) in [6.07, 6.45) is -4.39. The smallest absolute Gasteiger partial charge is 0.386 e. The van der Waals surface area contributed by atoms with Gasteiger partial charge in [-0.25, -0.2) is 4.79 Å². The molecule has 1 aromatic carbocycles. The number of carbonyl (C=O) groups excluding carboxylic acids is 1.